The van der Waals surface area contributed by atoms with Crippen LogP contribution in [0.3, 0.4) is 0 Å². The Kier molecular flexibility index (Phi) is 5.76. The molecule has 0 unspecified atom stereocenters. The van der Waals surface area contributed by atoms with Crippen LogP contribution in [-0.4, -0.2) is 23.5 Å². The summed E-state index contributed by atoms with van der Waals surface area (Å²) in [4.78, 5) is 27.6. The molecule has 0 aliphatic carbocycles. The van der Waals surface area contributed by atoms with Crippen molar-refractivity contribution in [3.63, 3.8) is 0 Å². The lowest BCUT2D eigenvalue weighted by Crippen LogP contribution is -2.13. The van der Waals surface area contributed by atoms with Crippen LogP contribution in [0.25, 0.3) is 10.1 Å². The van der Waals surface area contributed by atoms with Gasteiger partial charge in [0.2, 0.25) is 5.91 Å². The molecule has 1 amide bonds. The van der Waals surface area contributed by atoms with Crippen LogP contribution in [0.4, 0.5) is 8.78 Å². The number of pyridine rings is 1. The topological polar surface area (TPSA) is 91.5 Å². The smallest absolute Gasteiger partial charge is 0.348 e. The van der Waals surface area contributed by atoms with Gasteiger partial charge < -0.3 is 15.2 Å². The first-order valence-corrected chi connectivity index (χ1v) is 9.17. The van der Waals surface area contributed by atoms with Crippen LogP contribution < -0.4 is 10.5 Å². The van der Waals surface area contributed by atoms with Gasteiger partial charge in [-0.3, -0.25) is 4.79 Å². The number of fused-ring (bicyclic) bond motifs is 1. The number of benzene rings is 1. The number of amides is 1. The molecule has 0 atom stereocenters. The maximum absolute atomic E-state index is 14.2. The van der Waals surface area contributed by atoms with E-state index in [-0.39, 0.29) is 28.8 Å². The SMILES string of the molecule is CCOC(=O)c1sc2ccnc(Cl)c2c1COc1c(F)cc(C(N)=O)cc1F. The Morgan fingerprint density at radius 1 is 1.29 bits per heavy atom. The second-order valence-corrected chi connectivity index (χ2v) is 6.94. The lowest BCUT2D eigenvalue weighted by atomic mass is 10.1. The summed E-state index contributed by atoms with van der Waals surface area (Å²) in [5.74, 6) is -4.50. The third kappa shape index (κ3) is 3.76. The Morgan fingerprint density at radius 3 is 2.57 bits per heavy atom. The maximum atomic E-state index is 14.2. The zero-order valence-corrected chi connectivity index (χ0v) is 16.0. The van der Waals surface area contributed by atoms with Crippen LogP contribution in [0.2, 0.25) is 5.15 Å². The number of hydrogen-bond donors (Lipinski definition) is 1. The van der Waals surface area contributed by atoms with Gasteiger partial charge in [-0.05, 0) is 25.1 Å². The fourth-order valence-electron chi connectivity index (χ4n) is 2.55. The van der Waals surface area contributed by atoms with E-state index >= 15 is 0 Å². The summed E-state index contributed by atoms with van der Waals surface area (Å²) in [5.41, 5.74) is 5.00. The molecule has 1 aromatic carbocycles. The van der Waals surface area contributed by atoms with Crippen molar-refractivity contribution in [3.8, 4) is 5.75 Å². The largest absolute Gasteiger partial charge is 0.483 e. The summed E-state index contributed by atoms with van der Waals surface area (Å²) < 4.78 is 39.3. The second-order valence-electron chi connectivity index (χ2n) is 5.53. The molecule has 0 bridgehead atoms. The first-order chi connectivity index (χ1) is 13.3. The molecule has 3 aromatic rings. The van der Waals surface area contributed by atoms with E-state index in [2.05, 4.69) is 4.98 Å². The van der Waals surface area contributed by atoms with Gasteiger partial charge in [0.25, 0.3) is 0 Å². The molecule has 28 heavy (non-hydrogen) atoms. The van der Waals surface area contributed by atoms with Gasteiger partial charge in [-0.2, -0.15) is 0 Å². The third-order valence-corrected chi connectivity index (χ3v) is 5.22. The van der Waals surface area contributed by atoms with E-state index in [1.807, 2.05) is 0 Å². The lowest BCUT2D eigenvalue weighted by molar-refractivity contribution is 0.0529. The Bertz CT molecular complexity index is 1060. The number of esters is 1. The molecular weight excluding hydrogens is 414 g/mol. The van der Waals surface area contributed by atoms with Gasteiger partial charge in [0.1, 0.15) is 16.6 Å². The number of primary amides is 1. The van der Waals surface area contributed by atoms with Crippen LogP contribution in [-0.2, 0) is 11.3 Å². The molecule has 3 rings (SSSR count). The average molecular weight is 427 g/mol. The molecule has 0 spiro atoms. The van der Waals surface area contributed by atoms with Crippen LogP contribution in [0.5, 0.6) is 5.75 Å². The van der Waals surface area contributed by atoms with Crippen molar-refractivity contribution in [2.24, 2.45) is 5.73 Å². The van der Waals surface area contributed by atoms with E-state index in [0.29, 0.717) is 15.6 Å². The number of carbonyl (C=O) groups excluding carboxylic acids is 2. The van der Waals surface area contributed by atoms with Gasteiger partial charge in [-0.25, -0.2) is 18.6 Å². The number of aromatic nitrogens is 1. The average Bonchev–Trinajstić information content (AvgIpc) is 3.01. The molecule has 10 heteroatoms. The number of nitrogens with zero attached hydrogens (tertiary/aromatic N) is 1. The number of nitrogens with two attached hydrogens (primary N) is 1. The fourth-order valence-corrected chi connectivity index (χ4v) is 3.97. The van der Waals surface area contributed by atoms with E-state index in [9.17, 15) is 18.4 Å². The van der Waals surface area contributed by atoms with Crippen molar-refractivity contribution in [1.29, 1.82) is 0 Å². The van der Waals surface area contributed by atoms with Crippen molar-refractivity contribution in [2.75, 3.05) is 6.61 Å². The van der Waals surface area contributed by atoms with E-state index in [0.717, 1.165) is 23.5 Å². The summed E-state index contributed by atoms with van der Waals surface area (Å²) >= 11 is 7.25. The molecule has 2 N–H and O–H groups in total. The van der Waals surface area contributed by atoms with Gasteiger partial charge in [0, 0.05) is 27.4 Å². The molecule has 2 aromatic heterocycles. The minimum atomic E-state index is -1.10. The van der Waals surface area contributed by atoms with Crippen molar-refractivity contribution in [1.82, 2.24) is 4.98 Å². The van der Waals surface area contributed by atoms with E-state index in [4.69, 9.17) is 26.8 Å². The quantitative estimate of drug-likeness (QED) is 0.473. The van der Waals surface area contributed by atoms with Gasteiger partial charge >= 0.3 is 5.97 Å². The number of ether oxygens (including phenoxy) is 2. The molecule has 0 aliphatic heterocycles. The molecule has 0 saturated carbocycles. The highest BCUT2D eigenvalue weighted by Gasteiger charge is 2.23. The Labute approximate surface area is 166 Å². The number of hydrogen-bond acceptors (Lipinski definition) is 6. The van der Waals surface area contributed by atoms with E-state index < -0.39 is 29.3 Å². The monoisotopic (exact) mass is 426 g/mol. The summed E-state index contributed by atoms with van der Waals surface area (Å²) in [6.45, 7) is 1.43. The minimum Gasteiger partial charge on any atom is -0.483 e. The fraction of sp³-hybridized carbons (Fsp3) is 0.167. The zero-order valence-electron chi connectivity index (χ0n) is 14.4. The first-order valence-electron chi connectivity index (χ1n) is 7.98. The van der Waals surface area contributed by atoms with Gasteiger partial charge in [0.15, 0.2) is 17.4 Å². The summed E-state index contributed by atoms with van der Waals surface area (Å²) in [6, 6.07) is 3.20. The molecule has 2 heterocycles. The molecule has 0 aliphatic rings. The number of thiophene rings is 1. The normalized spacial score (nSPS) is 10.9. The Morgan fingerprint density at radius 2 is 1.96 bits per heavy atom. The minimum absolute atomic E-state index is 0.118. The van der Waals surface area contributed by atoms with Crippen molar-refractivity contribution in [2.45, 2.75) is 13.5 Å². The molecular formula is C18H13ClF2N2O4S. The highest BCUT2D eigenvalue weighted by atomic mass is 35.5. The maximum Gasteiger partial charge on any atom is 0.348 e. The van der Waals surface area contributed by atoms with Crippen molar-refractivity contribution < 1.29 is 27.8 Å². The molecule has 146 valence electrons. The predicted molar refractivity (Wildman–Crippen MR) is 99.8 cm³/mol. The Balaban J connectivity index is 2.02. The molecule has 0 saturated heterocycles. The standard InChI is InChI=1S/C18H13ClF2N2O4S/c1-2-26-18(25)15-9(13-12(28-15)3-4-23-16(13)19)7-27-14-10(20)5-8(17(22)24)6-11(14)21/h3-6H,2,7H2,1H3,(H2,22,24). The van der Waals surface area contributed by atoms with Crippen LogP contribution >= 0.6 is 22.9 Å². The number of rotatable bonds is 6. The lowest BCUT2D eigenvalue weighted by Gasteiger charge is -2.10. The predicted octanol–water partition coefficient (Wildman–Crippen LogP) is 4.08. The van der Waals surface area contributed by atoms with Gasteiger partial charge in [-0.1, -0.05) is 11.6 Å². The van der Waals surface area contributed by atoms with Crippen LogP contribution in [0, 0.1) is 11.6 Å². The summed E-state index contributed by atoms with van der Waals surface area (Å²) in [7, 11) is 0. The van der Waals surface area contributed by atoms with Gasteiger partial charge in [-0.15, -0.1) is 11.3 Å². The first kappa shape index (κ1) is 20.0. The van der Waals surface area contributed by atoms with Crippen molar-refractivity contribution in [3.05, 3.63) is 57.2 Å². The number of carbonyl (C=O) groups is 2. The van der Waals surface area contributed by atoms with E-state index in [1.54, 1.807) is 13.0 Å². The summed E-state index contributed by atoms with van der Waals surface area (Å²) in [6.07, 6.45) is 1.47. The van der Waals surface area contributed by atoms with E-state index in [1.165, 1.54) is 6.20 Å². The summed E-state index contributed by atoms with van der Waals surface area (Å²) in [5, 5.41) is 0.555. The second kappa shape index (κ2) is 8.07. The van der Waals surface area contributed by atoms with Crippen molar-refractivity contribution >= 4 is 44.9 Å². The highest BCUT2D eigenvalue weighted by Crippen LogP contribution is 2.36. The van der Waals surface area contributed by atoms with Crippen LogP contribution in [0.15, 0.2) is 24.4 Å². The Hall–Kier alpha value is -2.78. The molecule has 0 fully saturated rings. The van der Waals surface area contributed by atoms with Gasteiger partial charge in [0.05, 0.1) is 6.61 Å². The zero-order chi connectivity index (χ0) is 20.4. The number of halogens is 3. The molecule has 6 nitrogen and oxygen atoms in total. The third-order valence-electron chi connectivity index (χ3n) is 3.76. The van der Waals surface area contributed by atoms with Crippen LogP contribution in [0.1, 0.15) is 32.5 Å². The highest BCUT2D eigenvalue weighted by molar-refractivity contribution is 7.21. The molecule has 0 radical (unpaired) electrons.